The number of rotatable bonds is 5. The van der Waals surface area contributed by atoms with Gasteiger partial charge in [0.15, 0.2) is 5.78 Å². The van der Waals surface area contributed by atoms with Gasteiger partial charge >= 0.3 is 6.18 Å². The number of carbonyl (C=O) groups is 1. The highest BCUT2D eigenvalue weighted by Crippen LogP contribution is 2.30. The molecule has 4 rings (SSSR count). The molecule has 0 radical (unpaired) electrons. The van der Waals surface area contributed by atoms with Crippen molar-refractivity contribution in [2.45, 2.75) is 31.9 Å². The number of anilines is 2. The zero-order valence-electron chi connectivity index (χ0n) is 16.9. The van der Waals surface area contributed by atoms with Crippen LogP contribution in [0.5, 0.6) is 0 Å². The van der Waals surface area contributed by atoms with Gasteiger partial charge in [-0.05, 0) is 61.7 Å². The summed E-state index contributed by atoms with van der Waals surface area (Å²) in [6.45, 7) is 1.91. The van der Waals surface area contributed by atoms with Gasteiger partial charge in [-0.2, -0.15) is 18.3 Å². The van der Waals surface area contributed by atoms with Gasteiger partial charge in [0, 0.05) is 36.2 Å². The standard InChI is InChI=1S/C23H23F3N4O/c24-23(25,26)16-5-4-6-19(13-16)30-12-9-17(28-30)14-22(31)20-15-18(7-8-21(20)27)29-10-2-1-3-11-29/h4-9,12-13,15H,1-3,10-11,14,27H2. The quantitative estimate of drug-likeness (QED) is 0.464. The van der Waals surface area contributed by atoms with Crippen LogP contribution in [-0.2, 0) is 12.6 Å². The molecule has 1 aliphatic heterocycles. The minimum Gasteiger partial charge on any atom is -0.398 e. The molecule has 0 bridgehead atoms. The number of alkyl halides is 3. The van der Waals surface area contributed by atoms with E-state index < -0.39 is 11.7 Å². The number of nitrogens with two attached hydrogens (primary N) is 1. The van der Waals surface area contributed by atoms with Crippen molar-refractivity contribution in [3.8, 4) is 5.69 Å². The molecule has 1 aliphatic rings. The Morgan fingerprint density at radius 2 is 1.77 bits per heavy atom. The molecule has 1 saturated heterocycles. The summed E-state index contributed by atoms with van der Waals surface area (Å²) in [4.78, 5) is 15.2. The monoisotopic (exact) mass is 428 g/mol. The lowest BCUT2D eigenvalue weighted by atomic mass is 10.0. The summed E-state index contributed by atoms with van der Waals surface area (Å²) in [7, 11) is 0. The van der Waals surface area contributed by atoms with Crippen LogP contribution in [0.25, 0.3) is 5.69 Å². The highest BCUT2D eigenvalue weighted by atomic mass is 19.4. The Morgan fingerprint density at radius 1 is 1.00 bits per heavy atom. The first-order valence-electron chi connectivity index (χ1n) is 10.2. The molecule has 2 heterocycles. The minimum atomic E-state index is -4.43. The number of nitrogen functional groups attached to an aromatic ring is 1. The molecule has 0 aliphatic carbocycles. The number of Topliss-reactive ketones (excluding diaryl/α,β-unsaturated/α-hetero) is 1. The first-order valence-corrected chi connectivity index (χ1v) is 10.2. The second kappa shape index (κ2) is 8.45. The second-order valence-corrected chi connectivity index (χ2v) is 7.72. The van der Waals surface area contributed by atoms with Crippen LogP contribution in [0, 0.1) is 0 Å². The molecular formula is C23H23F3N4O. The van der Waals surface area contributed by atoms with Gasteiger partial charge in [-0.3, -0.25) is 4.79 Å². The van der Waals surface area contributed by atoms with Crippen LogP contribution in [0.1, 0.15) is 40.9 Å². The highest BCUT2D eigenvalue weighted by molar-refractivity contribution is 6.02. The number of piperidine rings is 1. The van der Waals surface area contributed by atoms with Gasteiger partial charge < -0.3 is 10.6 Å². The maximum absolute atomic E-state index is 13.0. The summed E-state index contributed by atoms with van der Waals surface area (Å²) >= 11 is 0. The number of halogens is 3. The molecule has 162 valence electrons. The van der Waals surface area contributed by atoms with Crippen molar-refractivity contribution in [2.75, 3.05) is 23.7 Å². The summed E-state index contributed by atoms with van der Waals surface area (Å²) in [5, 5.41) is 4.29. The fourth-order valence-corrected chi connectivity index (χ4v) is 3.82. The first kappa shape index (κ1) is 21.0. The smallest absolute Gasteiger partial charge is 0.398 e. The lowest BCUT2D eigenvalue weighted by Crippen LogP contribution is -2.29. The molecule has 8 heteroatoms. The second-order valence-electron chi connectivity index (χ2n) is 7.72. The van der Waals surface area contributed by atoms with Gasteiger partial charge in [0.1, 0.15) is 0 Å². The van der Waals surface area contributed by atoms with Crippen LogP contribution in [0.2, 0.25) is 0 Å². The molecule has 31 heavy (non-hydrogen) atoms. The zero-order chi connectivity index (χ0) is 22.0. The molecule has 2 aromatic carbocycles. The Labute approximate surface area is 178 Å². The average molecular weight is 428 g/mol. The van der Waals surface area contributed by atoms with E-state index in [1.807, 2.05) is 12.1 Å². The molecule has 1 aromatic heterocycles. The average Bonchev–Trinajstić information content (AvgIpc) is 3.22. The van der Waals surface area contributed by atoms with Gasteiger partial charge in [0.25, 0.3) is 0 Å². The molecule has 2 N–H and O–H groups in total. The van der Waals surface area contributed by atoms with Crippen LogP contribution in [0.3, 0.4) is 0 Å². The van der Waals surface area contributed by atoms with Crippen molar-refractivity contribution < 1.29 is 18.0 Å². The maximum atomic E-state index is 13.0. The topological polar surface area (TPSA) is 64.2 Å². The SMILES string of the molecule is Nc1ccc(N2CCCCC2)cc1C(=O)Cc1ccn(-c2cccc(C(F)(F)F)c2)n1. The molecule has 0 saturated carbocycles. The third-order valence-electron chi connectivity index (χ3n) is 5.48. The van der Waals surface area contributed by atoms with Crippen molar-refractivity contribution in [1.29, 1.82) is 0 Å². The summed E-state index contributed by atoms with van der Waals surface area (Å²) in [5.74, 6) is -0.175. The summed E-state index contributed by atoms with van der Waals surface area (Å²) in [6, 6.07) is 12.0. The van der Waals surface area contributed by atoms with Crippen LogP contribution in [0.15, 0.2) is 54.7 Å². The van der Waals surface area contributed by atoms with Gasteiger partial charge in [0.2, 0.25) is 0 Å². The van der Waals surface area contributed by atoms with Crippen molar-refractivity contribution in [3.63, 3.8) is 0 Å². The van der Waals surface area contributed by atoms with Crippen LogP contribution >= 0.6 is 0 Å². The molecule has 3 aromatic rings. The Kier molecular flexibility index (Phi) is 5.71. The highest BCUT2D eigenvalue weighted by Gasteiger charge is 2.30. The Morgan fingerprint density at radius 3 is 2.52 bits per heavy atom. The van der Waals surface area contributed by atoms with Gasteiger partial charge in [-0.1, -0.05) is 6.07 Å². The molecular weight excluding hydrogens is 405 g/mol. The normalized spacial score (nSPS) is 14.6. The van der Waals surface area contributed by atoms with Gasteiger partial charge in [-0.25, -0.2) is 4.68 Å². The van der Waals surface area contributed by atoms with Crippen LogP contribution in [-0.4, -0.2) is 28.7 Å². The van der Waals surface area contributed by atoms with E-state index in [4.69, 9.17) is 5.73 Å². The van der Waals surface area contributed by atoms with E-state index in [-0.39, 0.29) is 17.9 Å². The van der Waals surface area contributed by atoms with Gasteiger partial charge in [-0.15, -0.1) is 0 Å². The zero-order valence-corrected chi connectivity index (χ0v) is 16.9. The van der Waals surface area contributed by atoms with E-state index in [1.54, 1.807) is 18.3 Å². The van der Waals surface area contributed by atoms with E-state index in [0.717, 1.165) is 43.8 Å². The number of benzene rings is 2. The predicted molar refractivity (Wildman–Crippen MR) is 114 cm³/mol. The Hall–Kier alpha value is -3.29. The fourth-order valence-electron chi connectivity index (χ4n) is 3.82. The lowest BCUT2D eigenvalue weighted by molar-refractivity contribution is -0.137. The number of hydrogen-bond donors (Lipinski definition) is 1. The first-order chi connectivity index (χ1) is 14.8. The lowest BCUT2D eigenvalue weighted by Gasteiger charge is -2.29. The molecule has 0 amide bonds. The van der Waals surface area contributed by atoms with Crippen molar-refractivity contribution >= 4 is 17.2 Å². The summed E-state index contributed by atoms with van der Waals surface area (Å²) < 4.78 is 40.2. The van der Waals surface area contributed by atoms with E-state index >= 15 is 0 Å². The number of hydrogen-bond acceptors (Lipinski definition) is 4. The minimum absolute atomic E-state index is 0.0135. The Bertz CT molecular complexity index is 1080. The van der Waals surface area contributed by atoms with E-state index in [2.05, 4.69) is 10.00 Å². The fraction of sp³-hybridized carbons (Fsp3) is 0.304. The van der Waals surface area contributed by atoms with Crippen molar-refractivity contribution in [3.05, 3.63) is 71.5 Å². The molecule has 5 nitrogen and oxygen atoms in total. The predicted octanol–water partition coefficient (Wildman–Crippen LogP) is 4.89. The third-order valence-corrected chi connectivity index (χ3v) is 5.48. The van der Waals surface area contributed by atoms with Crippen LogP contribution in [0.4, 0.5) is 24.5 Å². The summed E-state index contributed by atoms with van der Waals surface area (Å²) in [6.07, 6.45) is 0.594. The Balaban J connectivity index is 1.52. The van der Waals surface area contributed by atoms with Gasteiger partial charge in [0.05, 0.1) is 23.4 Å². The molecule has 0 atom stereocenters. The molecule has 1 fully saturated rings. The largest absolute Gasteiger partial charge is 0.416 e. The number of aromatic nitrogens is 2. The van der Waals surface area contributed by atoms with Crippen molar-refractivity contribution in [1.82, 2.24) is 9.78 Å². The number of nitrogens with zero attached hydrogens (tertiary/aromatic N) is 3. The van der Waals surface area contributed by atoms with E-state index in [0.29, 0.717) is 16.9 Å². The number of carbonyl (C=O) groups excluding carboxylic acids is 1. The van der Waals surface area contributed by atoms with E-state index in [9.17, 15) is 18.0 Å². The number of ketones is 1. The maximum Gasteiger partial charge on any atom is 0.416 e. The summed E-state index contributed by atoms with van der Waals surface area (Å²) in [5.41, 5.74) is 7.87. The molecule has 0 unspecified atom stereocenters. The van der Waals surface area contributed by atoms with Crippen molar-refractivity contribution in [2.24, 2.45) is 0 Å². The van der Waals surface area contributed by atoms with E-state index in [1.165, 1.54) is 23.2 Å². The van der Waals surface area contributed by atoms with Crippen LogP contribution < -0.4 is 10.6 Å². The molecule has 0 spiro atoms. The third kappa shape index (κ3) is 4.73.